The Hall–Kier alpha value is -1.39. The minimum atomic E-state index is -0.362. The van der Waals surface area contributed by atoms with Crippen LogP contribution < -0.4 is 4.74 Å². The summed E-state index contributed by atoms with van der Waals surface area (Å²) in [6, 6.07) is 5.98. The largest absolute Gasteiger partial charge is 0.478 e. The second kappa shape index (κ2) is 6.58. The first-order valence-electron chi connectivity index (χ1n) is 7.88. The number of unbranched alkanes of at least 4 members (excludes halogenated alkanes) is 1. The lowest BCUT2D eigenvalue weighted by Gasteiger charge is -2.30. The minimum absolute atomic E-state index is 0.362. The van der Waals surface area contributed by atoms with E-state index < -0.39 is 0 Å². The summed E-state index contributed by atoms with van der Waals surface area (Å²) in [5.74, 6) is 0.356. The molecule has 4 heteroatoms. The number of pyridine rings is 1. The molecule has 114 valence electrons. The summed E-state index contributed by atoms with van der Waals surface area (Å²) in [5, 5.41) is 0. The van der Waals surface area contributed by atoms with E-state index in [0.29, 0.717) is 13.2 Å². The molecule has 0 amide bonds. The summed E-state index contributed by atoms with van der Waals surface area (Å²) in [4.78, 5) is 4.61. The fraction of sp³-hybridized carbons (Fsp3) is 0.588. The smallest absolute Gasteiger partial charge is 0.213 e. The molecule has 1 aromatic rings. The van der Waals surface area contributed by atoms with Crippen molar-refractivity contribution in [2.24, 2.45) is 0 Å². The number of ether oxygens (including phenoxy) is 3. The average molecular weight is 289 g/mol. The van der Waals surface area contributed by atoms with Gasteiger partial charge >= 0.3 is 0 Å². The van der Waals surface area contributed by atoms with Crippen molar-refractivity contribution >= 4 is 5.57 Å². The van der Waals surface area contributed by atoms with E-state index in [1.54, 1.807) is 0 Å². The maximum atomic E-state index is 5.74. The zero-order valence-electron chi connectivity index (χ0n) is 12.6. The third-order valence-electron chi connectivity index (χ3n) is 4.05. The SMILES string of the molecule is CCCCOc1cccc(C2=CCC3(CC2)OCCO3)n1. The van der Waals surface area contributed by atoms with Gasteiger partial charge in [0.25, 0.3) is 0 Å². The Kier molecular flexibility index (Phi) is 4.56. The van der Waals surface area contributed by atoms with Crippen LogP contribution in [0, 0.1) is 0 Å². The van der Waals surface area contributed by atoms with Crippen molar-refractivity contribution < 1.29 is 14.2 Å². The van der Waals surface area contributed by atoms with Crippen molar-refractivity contribution in [2.45, 2.75) is 44.8 Å². The Bertz CT molecular complexity index is 507. The van der Waals surface area contributed by atoms with Crippen molar-refractivity contribution in [1.82, 2.24) is 4.98 Å². The molecule has 0 N–H and O–H groups in total. The highest BCUT2D eigenvalue weighted by atomic mass is 16.7. The predicted octanol–water partition coefficient (Wildman–Crippen LogP) is 3.57. The molecule has 0 bridgehead atoms. The minimum Gasteiger partial charge on any atom is -0.478 e. The molecular formula is C17H23NO3. The van der Waals surface area contributed by atoms with E-state index in [2.05, 4.69) is 18.0 Å². The Morgan fingerprint density at radius 3 is 2.86 bits per heavy atom. The van der Waals surface area contributed by atoms with Gasteiger partial charge < -0.3 is 14.2 Å². The van der Waals surface area contributed by atoms with Crippen LogP contribution in [0.15, 0.2) is 24.3 Å². The first-order valence-corrected chi connectivity index (χ1v) is 7.88. The topological polar surface area (TPSA) is 40.6 Å². The summed E-state index contributed by atoms with van der Waals surface area (Å²) in [5.41, 5.74) is 2.28. The molecule has 0 radical (unpaired) electrons. The fourth-order valence-corrected chi connectivity index (χ4v) is 2.79. The molecule has 0 aromatic carbocycles. The molecule has 1 spiro atoms. The molecule has 1 saturated heterocycles. The van der Waals surface area contributed by atoms with Crippen molar-refractivity contribution in [3.8, 4) is 5.88 Å². The van der Waals surface area contributed by atoms with Crippen molar-refractivity contribution in [3.63, 3.8) is 0 Å². The Morgan fingerprint density at radius 1 is 1.29 bits per heavy atom. The molecule has 0 saturated carbocycles. The first-order chi connectivity index (χ1) is 10.3. The van der Waals surface area contributed by atoms with Gasteiger partial charge in [-0.3, -0.25) is 0 Å². The van der Waals surface area contributed by atoms with Gasteiger partial charge in [-0.25, -0.2) is 4.98 Å². The van der Waals surface area contributed by atoms with E-state index in [4.69, 9.17) is 14.2 Å². The summed E-state index contributed by atoms with van der Waals surface area (Å²) in [6.07, 6.45) is 7.05. The maximum Gasteiger partial charge on any atom is 0.213 e. The van der Waals surface area contributed by atoms with Crippen LogP contribution >= 0.6 is 0 Å². The highest BCUT2D eigenvalue weighted by Crippen LogP contribution is 2.37. The van der Waals surface area contributed by atoms with Gasteiger partial charge in [0.15, 0.2) is 5.79 Å². The van der Waals surface area contributed by atoms with Crippen LogP contribution in [0.25, 0.3) is 5.57 Å². The molecule has 21 heavy (non-hydrogen) atoms. The lowest BCUT2D eigenvalue weighted by molar-refractivity contribution is -0.159. The average Bonchev–Trinajstić information content (AvgIpc) is 2.97. The van der Waals surface area contributed by atoms with Crippen LogP contribution in [0.2, 0.25) is 0 Å². The molecule has 0 atom stereocenters. The molecule has 3 rings (SSSR count). The summed E-state index contributed by atoms with van der Waals surface area (Å²) in [6.45, 7) is 4.31. The van der Waals surface area contributed by atoms with Crippen LogP contribution in [0.3, 0.4) is 0 Å². The second-order valence-electron chi connectivity index (χ2n) is 5.60. The van der Waals surface area contributed by atoms with Gasteiger partial charge in [0, 0.05) is 18.9 Å². The standard InChI is InChI=1S/C17H23NO3/c1-2-3-11-19-16-6-4-5-15(18-16)14-7-9-17(10-8-14)20-12-13-21-17/h4-7H,2-3,8-13H2,1H3. The van der Waals surface area contributed by atoms with Crippen LogP contribution in [-0.4, -0.2) is 30.6 Å². The lowest BCUT2D eigenvalue weighted by Crippen LogP contribution is -2.31. The summed E-state index contributed by atoms with van der Waals surface area (Å²) >= 11 is 0. The van der Waals surface area contributed by atoms with Gasteiger partial charge in [-0.05, 0) is 24.5 Å². The van der Waals surface area contributed by atoms with E-state index in [0.717, 1.165) is 50.3 Å². The quantitative estimate of drug-likeness (QED) is 0.777. The summed E-state index contributed by atoms with van der Waals surface area (Å²) in [7, 11) is 0. The first kappa shape index (κ1) is 14.5. The molecule has 2 heterocycles. The maximum absolute atomic E-state index is 5.74. The molecule has 1 aliphatic carbocycles. The third-order valence-corrected chi connectivity index (χ3v) is 4.05. The third kappa shape index (κ3) is 3.44. The Balaban J connectivity index is 1.66. The molecule has 0 unspecified atom stereocenters. The number of aromatic nitrogens is 1. The van der Waals surface area contributed by atoms with Crippen molar-refractivity contribution in [2.75, 3.05) is 19.8 Å². The second-order valence-corrected chi connectivity index (χ2v) is 5.60. The van der Waals surface area contributed by atoms with Crippen LogP contribution in [0.4, 0.5) is 0 Å². The molecule has 2 aliphatic rings. The molecular weight excluding hydrogens is 266 g/mol. The zero-order chi connectivity index (χ0) is 14.5. The predicted molar refractivity (Wildman–Crippen MR) is 81.1 cm³/mol. The number of hydrogen-bond donors (Lipinski definition) is 0. The molecule has 1 fully saturated rings. The van der Waals surface area contributed by atoms with Gasteiger partial charge in [-0.2, -0.15) is 0 Å². The highest BCUT2D eigenvalue weighted by Gasteiger charge is 2.37. The van der Waals surface area contributed by atoms with Crippen molar-refractivity contribution in [1.29, 1.82) is 0 Å². The fourth-order valence-electron chi connectivity index (χ4n) is 2.79. The normalized spacial score (nSPS) is 20.5. The van der Waals surface area contributed by atoms with Gasteiger partial charge in [0.2, 0.25) is 5.88 Å². The van der Waals surface area contributed by atoms with E-state index in [-0.39, 0.29) is 5.79 Å². The van der Waals surface area contributed by atoms with Gasteiger partial charge in [0.05, 0.1) is 25.5 Å². The number of allylic oxidation sites excluding steroid dienone is 1. The number of rotatable bonds is 5. The zero-order valence-corrected chi connectivity index (χ0v) is 12.6. The van der Waals surface area contributed by atoms with Gasteiger partial charge in [-0.15, -0.1) is 0 Å². The monoisotopic (exact) mass is 289 g/mol. The van der Waals surface area contributed by atoms with Crippen LogP contribution in [-0.2, 0) is 9.47 Å². The number of nitrogens with zero attached hydrogens (tertiary/aromatic N) is 1. The molecule has 1 aromatic heterocycles. The van der Waals surface area contributed by atoms with Gasteiger partial charge in [-0.1, -0.05) is 25.5 Å². The number of hydrogen-bond acceptors (Lipinski definition) is 4. The Morgan fingerprint density at radius 2 is 2.14 bits per heavy atom. The Labute approximate surface area is 126 Å². The molecule has 1 aliphatic heterocycles. The van der Waals surface area contributed by atoms with E-state index in [9.17, 15) is 0 Å². The lowest BCUT2D eigenvalue weighted by atomic mass is 9.92. The van der Waals surface area contributed by atoms with Crippen LogP contribution in [0.5, 0.6) is 5.88 Å². The van der Waals surface area contributed by atoms with E-state index in [1.165, 1.54) is 5.57 Å². The van der Waals surface area contributed by atoms with Crippen molar-refractivity contribution in [3.05, 3.63) is 30.0 Å². The van der Waals surface area contributed by atoms with E-state index >= 15 is 0 Å². The highest BCUT2D eigenvalue weighted by molar-refractivity contribution is 5.64. The molecule has 4 nitrogen and oxygen atoms in total. The van der Waals surface area contributed by atoms with Gasteiger partial charge in [0.1, 0.15) is 0 Å². The van der Waals surface area contributed by atoms with Crippen LogP contribution in [0.1, 0.15) is 44.7 Å². The van der Waals surface area contributed by atoms with E-state index in [1.807, 2.05) is 18.2 Å². The summed E-state index contributed by atoms with van der Waals surface area (Å²) < 4.78 is 17.2.